The molecule has 1 aliphatic heterocycles. The molecule has 0 radical (unpaired) electrons. The third-order valence-corrected chi connectivity index (χ3v) is 6.22. The lowest BCUT2D eigenvalue weighted by Crippen LogP contribution is -2.54. The highest BCUT2D eigenvalue weighted by atomic mass is 35.5. The molecule has 1 atom stereocenters. The van der Waals surface area contributed by atoms with Gasteiger partial charge in [0.05, 0.1) is 5.75 Å². The highest BCUT2D eigenvalue weighted by Crippen LogP contribution is 2.24. The zero-order chi connectivity index (χ0) is 23.1. The van der Waals surface area contributed by atoms with Gasteiger partial charge in [-0.1, -0.05) is 67.5 Å². The predicted octanol–water partition coefficient (Wildman–Crippen LogP) is 3.62. The Bertz CT molecular complexity index is 928. The van der Waals surface area contributed by atoms with Gasteiger partial charge in [-0.15, -0.1) is 0 Å². The van der Waals surface area contributed by atoms with Gasteiger partial charge in [0, 0.05) is 44.7 Å². The molecule has 2 heterocycles. The van der Waals surface area contributed by atoms with Gasteiger partial charge in [-0.25, -0.2) is 9.97 Å². The summed E-state index contributed by atoms with van der Waals surface area (Å²) in [6.45, 7) is 8.67. The van der Waals surface area contributed by atoms with Gasteiger partial charge in [0.1, 0.15) is 11.0 Å². The van der Waals surface area contributed by atoms with Crippen molar-refractivity contribution in [2.75, 3.05) is 30.3 Å². The first-order valence-electron chi connectivity index (χ1n) is 10.8. The first-order valence-corrected chi connectivity index (χ1v) is 12.2. The smallest absolute Gasteiger partial charge is 0.230 e. The number of hydrogen-bond donors (Lipinski definition) is 1. The third-order valence-electron chi connectivity index (χ3n) is 5.18. The summed E-state index contributed by atoms with van der Waals surface area (Å²) in [4.78, 5) is 37.6. The number of piperazine rings is 1. The molecule has 1 aromatic heterocycles. The topological polar surface area (TPSA) is 78.4 Å². The van der Waals surface area contributed by atoms with E-state index in [-0.39, 0.29) is 23.6 Å². The number of nitrogens with zero attached hydrogens (tertiary/aromatic N) is 4. The van der Waals surface area contributed by atoms with Crippen LogP contribution in [0.25, 0.3) is 0 Å². The maximum Gasteiger partial charge on any atom is 0.230 e. The lowest BCUT2D eigenvalue weighted by molar-refractivity contribution is -0.134. The minimum Gasteiger partial charge on any atom is -0.353 e. The number of rotatable bonds is 8. The van der Waals surface area contributed by atoms with Gasteiger partial charge in [0.25, 0.3) is 0 Å². The summed E-state index contributed by atoms with van der Waals surface area (Å²) in [5, 5.41) is 3.71. The fourth-order valence-corrected chi connectivity index (χ4v) is 4.50. The van der Waals surface area contributed by atoms with Crippen LogP contribution >= 0.6 is 23.4 Å². The first kappa shape index (κ1) is 24.3. The van der Waals surface area contributed by atoms with E-state index in [1.165, 1.54) is 11.8 Å². The summed E-state index contributed by atoms with van der Waals surface area (Å²) in [7, 11) is 0. The van der Waals surface area contributed by atoms with Gasteiger partial charge < -0.3 is 15.1 Å². The minimum absolute atomic E-state index is 0.0867. The maximum atomic E-state index is 12.5. The van der Waals surface area contributed by atoms with Gasteiger partial charge in [0.15, 0.2) is 5.16 Å². The van der Waals surface area contributed by atoms with Gasteiger partial charge in [-0.2, -0.15) is 0 Å². The molecule has 172 valence electrons. The van der Waals surface area contributed by atoms with E-state index < -0.39 is 0 Å². The van der Waals surface area contributed by atoms with E-state index in [2.05, 4.69) is 41.0 Å². The van der Waals surface area contributed by atoms with E-state index in [1.807, 2.05) is 35.2 Å². The second-order valence-electron chi connectivity index (χ2n) is 8.36. The van der Waals surface area contributed by atoms with E-state index >= 15 is 0 Å². The van der Waals surface area contributed by atoms with E-state index in [9.17, 15) is 9.59 Å². The molecular formula is C23H30ClN5O2S. The molecule has 9 heteroatoms. The van der Waals surface area contributed by atoms with E-state index in [0.717, 1.165) is 11.4 Å². The Hall–Kier alpha value is -2.32. The molecule has 32 heavy (non-hydrogen) atoms. The van der Waals surface area contributed by atoms with Crippen molar-refractivity contribution >= 4 is 41.0 Å². The molecule has 1 N–H and O–H groups in total. The normalized spacial score (nSPS) is 16.3. The van der Waals surface area contributed by atoms with E-state index in [1.54, 1.807) is 6.07 Å². The molecular weight excluding hydrogens is 446 g/mol. The Kier molecular flexibility index (Phi) is 8.75. The maximum absolute atomic E-state index is 12.5. The molecule has 0 aliphatic carbocycles. The molecule has 0 saturated carbocycles. The number of halogens is 1. The van der Waals surface area contributed by atoms with Crippen LogP contribution in [0.4, 0.5) is 5.82 Å². The van der Waals surface area contributed by atoms with Crippen LogP contribution in [0.1, 0.15) is 32.8 Å². The number of carbonyl (C=O) groups is 2. The summed E-state index contributed by atoms with van der Waals surface area (Å²) in [5.74, 6) is 1.39. The van der Waals surface area contributed by atoms with Crippen molar-refractivity contribution in [3.05, 3.63) is 47.1 Å². The molecule has 1 unspecified atom stereocenters. The standard InChI is InChI=1S/C23H30ClN5O2S/c1-16(2)11-22(31)29-10-9-28(14-17(29)3)20-12-19(24)26-23(27-20)32-15-21(30)25-13-18-7-5-4-6-8-18/h4-8,12,16-17H,9-11,13-15H2,1-3H3,(H,25,30). The largest absolute Gasteiger partial charge is 0.353 e. The SMILES string of the molecule is CC(C)CC(=O)N1CCN(c2cc(Cl)nc(SCC(=O)NCc3ccccc3)n2)CC1C. The average molecular weight is 476 g/mol. The zero-order valence-electron chi connectivity index (χ0n) is 18.8. The van der Waals surface area contributed by atoms with Crippen LogP contribution in [0.5, 0.6) is 0 Å². The molecule has 1 fully saturated rings. The van der Waals surface area contributed by atoms with Crippen LogP contribution in [0.15, 0.2) is 41.6 Å². The molecule has 1 saturated heterocycles. The summed E-state index contributed by atoms with van der Waals surface area (Å²) in [6, 6.07) is 11.6. The van der Waals surface area contributed by atoms with Crippen LogP contribution in [0, 0.1) is 5.92 Å². The fraction of sp³-hybridized carbons (Fsp3) is 0.478. The van der Waals surface area contributed by atoms with Gasteiger partial charge in [-0.05, 0) is 18.4 Å². The van der Waals surface area contributed by atoms with Crippen LogP contribution in [0.2, 0.25) is 5.15 Å². The molecule has 2 aromatic rings. The monoisotopic (exact) mass is 475 g/mol. The highest BCUT2D eigenvalue weighted by molar-refractivity contribution is 7.99. The quantitative estimate of drug-likeness (QED) is 0.357. The number of aromatic nitrogens is 2. The zero-order valence-corrected chi connectivity index (χ0v) is 20.3. The number of benzene rings is 1. The van der Waals surface area contributed by atoms with Crippen molar-refractivity contribution in [2.45, 2.75) is 44.9 Å². The molecule has 3 rings (SSSR count). The lowest BCUT2D eigenvalue weighted by atomic mass is 10.1. The Morgan fingerprint density at radius 3 is 2.66 bits per heavy atom. The molecule has 1 aliphatic rings. The third kappa shape index (κ3) is 7.10. The summed E-state index contributed by atoms with van der Waals surface area (Å²) in [6.07, 6.45) is 0.566. The van der Waals surface area contributed by atoms with Crippen molar-refractivity contribution < 1.29 is 9.59 Å². The number of hydrogen-bond acceptors (Lipinski definition) is 6. The number of thioether (sulfide) groups is 1. The Labute approximate surface area is 198 Å². The van der Waals surface area contributed by atoms with Crippen molar-refractivity contribution in [1.82, 2.24) is 20.2 Å². The second kappa shape index (κ2) is 11.5. The van der Waals surface area contributed by atoms with Crippen LogP contribution < -0.4 is 10.2 Å². The number of nitrogens with one attached hydrogen (secondary N) is 1. The van der Waals surface area contributed by atoms with Gasteiger partial charge >= 0.3 is 0 Å². The summed E-state index contributed by atoms with van der Waals surface area (Å²) in [5.41, 5.74) is 1.05. The summed E-state index contributed by atoms with van der Waals surface area (Å²) >= 11 is 7.50. The molecule has 0 spiro atoms. The first-order chi connectivity index (χ1) is 15.3. The lowest BCUT2D eigenvalue weighted by Gasteiger charge is -2.40. The molecule has 1 aromatic carbocycles. The van der Waals surface area contributed by atoms with Crippen molar-refractivity contribution in [3.8, 4) is 0 Å². The number of amides is 2. The number of anilines is 1. The number of carbonyl (C=O) groups excluding carboxylic acids is 2. The van der Waals surface area contributed by atoms with Crippen molar-refractivity contribution in [2.24, 2.45) is 5.92 Å². The second-order valence-corrected chi connectivity index (χ2v) is 9.69. The molecule has 0 bridgehead atoms. The molecule has 2 amide bonds. The average Bonchev–Trinajstić information content (AvgIpc) is 2.76. The summed E-state index contributed by atoms with van der Waals surface area (Å²) < 4.78 is 0. The minimum atomic E-state index is -0.0881. The van der Waals surface area contributed by atoms with Gasteiger partial charge in [-0.3, -0.25) is 9.59 Å². The van der Waals surface area contributed by atoms with Crippen LogP contribution in [-0.4, -0.2) is 58.1 Å². The van der Waals surface area contributed by atoms with E-state index in [0.29, 0.717) is 48.8 Å². The Morgan fingerprint density at radius 2 is 1.97 bits per heavy atom. The van der Waals surface area contributed by atoms with Crippen LogP contribution in [0.3, 0.4) is 0 Å². The van der Waals surface area contributed by atoms with Crippen molar-refractivity contribution in [3.63, 3.8) is 0 Å². The highest BCUT2D eigenvalue weighted by Gasteiger charge is 2.28. The fourth-order valence-electron chi connectivity index (χ4n) is 3.59. The van der Waals surface area contributed by atoms with Crippen molar-refractivity contribution in [1.29, 1.82) is 0 Å². The van der Waals surface area contributed by atoms with E-state index in [4.69, 9.17) is 11.6 Å². The predicted molar refractivity (Wildman–Crippen MR) is 129 cm³/mol. The van der Waals surface area contributed by atoms with Crippen LogP contribution in [-0.2, 0) is 16.1 Å². The Morgan fingerprint density at radius 1 is 1.22 bits per heavy atom. The Balaban J connectivity index is 1.55. The van der Waals surface area contributed by atoms with Gasteiger partial charge in [0.2, 0.25) is 11.8 Å². The molecule has 7 nitrogen and oxygen atoms in total.